The van der Waals surface area contributed by atoms with Crippen molar-refractivity contribution >= 4 is 45.7 Å². The van der Waals surface area contributed by atoms with Crippen molar-refractivity contribution in [3.05, 3.63) is 12.7 Å². The smallest absolute Gasteiger partial charge is 0.229 e. The molecule has 1 saturated carbocycles. The van der Waals surface area contributed by atoms with Gasteiger partial charge in [0, 0.05) is 17.0 Å². The number of thioether (sulfide) groups is 1. The largest absolute Gasteiger partial charge is 0.300 e. The highest BCUT2D eigenvalue weighted by Crippen LogP contribution is 2.33. The van der Waals surface area contributed by atoms with Crippen LogP contribution in [0.2, 0.25) is 0 Å². The molecule has 1 heterocycles. The van der Waals surface area contributed by atoms with E-state index in [1.807, 2.05) is 0 Å². The molecule has 0 aromatic carbocycles. The minimum Gasteiger partial charge on any atom is -0.300 e. The quantitative estimate of drug-likeness (QED) is 0.392. The number of nitrogens with one attached hydrogen (secondary N) is 1. The van der Waals surface area contributed by atoms with E-state index in [1.54, 1.807) is 17.8 Å². The van der Waals surface area contributed by atoms with Crippen LogP contribution in [-0.4, -0.2) is 27.2 Å². The molecular weight excluding hydrogens is 278 g/mol. The van der Waals surface area contributed by atoms with Gasteiger partial charge in [0.1, 0.15) is 0 Å². The molecule has 0 aliphatic heterocycles. The first-order valence-corrected chi connectivity index (χ1v) is 7.45. The molecular formula is C10H12ClN3OS2. The van der Waals surface area contributed by atoms with Crippen LogP contribution in [-0.2, 0) is 4.79 Å². The minimum absolute atomic E-state index is 0.00155. The van der Waals surface area contributed by atoms with Crippen molar-refractivity contribution in [2.24, 2.45) is 5.92 Å². The van der Waals surface area contributed by atoms with E-state index >= 15 is 0 Å². The van der Waals surface area contributed by atoms with Crippen LogP contribution in [0.5, 0.6) is 0 Å². The van der Waals surface area contributed by atoms with Crippen LogP contribution < -0.4 is 5.32 Å². The first-order valence-electron chi connectivity index (χ1n) is 5.21. The third kappa shape index (κ3) is 3.43. The lowest BCUT2D eigenvalue weighted by molar-refractivity contribution is -0.122. The summed E-state index contributed by atoms with van der Waals surface area (Å²) in [5.41, 5.74) is 0. The Labute approximate surface area is 113 Å². The Kier molecular flexibility index (Phi) is 4.42. The van der Waals surface area contributed by atoms with Crippen LogP contribution in [0.25, 0.3) is 0 Å². The number of anilines is 1. The minimum atomic E-state index is -0.00155. The zero-order valence-corrected chi connectivity index (χ0v) is 11.4. The molecule has 0 atom stereocenters. The predicted molar refractivity (Wildman–Crippen MR) is 71.8 cm³/mol. The zero-order valence-electron chi connectivity index (χ0n) is 9.06. The topological polar surface area (TPSA) is 54.9 Å². The highest BCUT2D eigenvalue weighted by molar-refractivity contribution is 8.01. The van der Waals surface area contributed by atoms with Crippen LogP contribution in [0, 0.1) is 5.92 Å². The number of alkyl halides is 1. The fourth-order valence-corrected chi connectivity index (χ4v) is 3.36. The molecule has 7 heteroatoms. The summed E-state index contributed by atoms with van der Waals surface area (Å²) in [6.45, 7) is 3.63. The SMILES string of the molecule is C=CCSc1nnc(NC(=O)C2CC(Cl)C2)s1. The fraction of sp³-hybridized carbons (Fsp3) is 0.500. The Hall–Kier alpha value is -0.590. The highest BCUT2D eigenvalue weighted by Gasteiger charge is 2.33. The number of carbonyl (C=O) groups is 1. The van der Waals surface area contributed by atoms with Gasteiger partial charge in [-0.3, -0.25) is 4.79 Å². The Morgan fingerprint density at radius 1 is 1.65 bits per heavy atom. The first-order chi connectivity index (χ1) is 8.19. The average molecular weight is 290 g/mol. The van der Waals surface area contributed by atoms with Crippen LogP contribution in [0.4, 0.5) is 5.13 Å². The zero-order chi connectivity index (χ0) is 12.3. The maximum atomic E-state index is 11.7. The number of halogens is 1. The average Bonchev–Trinajstić information content (AvgIpc) is 2.69. The van der Waals surface area contributed by atoms with Crippen LogP contribution in [0.3, 0.4) is 0 Å². The summed E-state index contributed by atoms with van der Waals surface area (Å²) in [5, 5.41) is 11.4. The number of carbonyl (C=O) groups excluding carboxylic acids is 1. The molecule has 0 spiro atoms. The number of hydrogen-bond acceptors (Lipinski definition) is 5. The summed E-state index contributed by atoms with van der Waals surface area (Å²) in [4.78, 5) is 11.7. The Morgan fingerprint density at radius 3 is 3.06 bits per heavy atom. The molecule has 1 aliphatic carbocycles. The molecule has 0 bridgehead atoms. The molecule has 92 valence electrons. The van der Waals surface area contributed by atoms with Crippen LogP contribution in [0.1, 0.15) is 12.8 Å². The standard InChI is InChI=1S/C10H12ClN3OS2/c1-2-3-16-10-14-13-9(17-10)12-8(15)6-4-7(11)5-6/h2,6-7H,1,3-5H2,(H,12,13,15). The van der Waals surface area contributed by atoms with Gasteiger partial charge in [0.15, 0.2) is 4.34 Å². The van der Waals surface area contributed by atoms with E-state index in [4.69, 9.17) is 11.6 Å². The van der Waals surface area contributed by atoms with Gasteiger partial charge in [-0.2, -0.15) is 0 Å². The maximum Gasteiger partial charge on any atom is 0.229 e. The monoisotopic (exact) mass is 289 g/mol. The number of aromatic nitrogens is 2. The van der Waals surface area contributed by atoms with Crippen molar-refractivity contribution in [1.82, 2.24) is 10.2 Å². The second kappa shape index (κ2) is 5.84. The number of amides is 1. The van der Waals surface area contributed by atoms with E-state index in [0.29, 0.717) is 5.13 Å². The van der Waals surface area contributed by atoms with Gasteiger partial charge in [0.05, 0.1) is 0 Å². The Bertz CT molecular complexity index is 417. The first kappa shape index (κ1) is 12.9. The molecule has 1 N–H and O–H groups in total. The van der Waals surface area contributed by atoms with Crippen molar-refractivity contribution in [2.75, 3.05) is 11.1 Å². The van der Waals surface area contributed by atoms with E-state index in [0.717, 1.165) is 22.9 Å². The summed E-state index contributed by atoms with van der Waals surface area (Å²) in [5.74, 6) is 0.822. The lowest BCUT2D eigenvalue weighted by atomic mass is 9.84. The molecule has 2 rings (SSSR count). The van der Waals surface area contributed by atoms with Gasteiger partial charge in [-0.1, -0.05) is 29.2 Å². The molecule has 0 saturated heterocycles. The predicted octanol–water partition coefficient (Wildman–Crippen LogP) is 2.77. The van der Waals surface area contributed by atoms with Gasteiger partial charge < -0.3 is 5.32 Å². The van der Waals surface area contributed by atoms with Gasteiger partial charge >= 0.3 is 0 Å². The van der Waals surface area contributed by atoms with Crippen molar-refractivity contribution < 1.29 is 4.79 Å². The van der Waals surface area contributed by atoms with Crippen molar-refractivity contribution in [1.29, 1.82) is 0 Å². The molecule has 1 amide bonds. The molecule has 0 radical (unpaired) electrons. The molecule has 1 aromatic rings. The molecule has 4 nitrogen and oxygen atoms in total. The van der Waals surface area contributed by atoms with Gasteiger partial charge in [0.2, 0.25) is 11.0 Å². The van der Waals surface area contributed by atoms with Crippen molar-refractivity contribution in [3.63, 3.8) is 0 Å². The van der Waals surface area contributed by atoms with Gasteiger partial charge in [-0.15, -0.1) is 28.4 Å². The second-order valence-electron chi connectivity index (χ2n) is 3.73. The third-order valence-corrected chi connectivity index (χ3v) is 4.74. The van der Waals surface area contributed by atoms with Crippen LogP contribution in [0.15, 0.2) is 17.0 Å². The van der Waals surface area contributed by atoms with E-state index in [9.17, 15) is 4.79 Å². The number of nitrogens with zero attached hydrogens (tertiary/aromatic N) is 2. The summed E-state index contributed by atoms with van der Waals surface area (Å²) in [6, 6.07) is 0. The van der Waals surface area contributed by atoms with E-state index in [1.165, 1.54) is 11.3 Å². The normalized spacial score (nSPS) is 22.9. The van der Waals surface area contributed by atoms with Gasteiger partial charge in [-0.05, 0) is 12.8 Å². The van der Waals surface area contributed by atoms with Gasteiger partial charge in [0.25, 0.3) is 0 Å². The van der Waals surface area contributed by atoms with Crippen molar-refractivity contribution in [2.45, 2.75) is 22.6 Å². The van der Waals surface area contributed by atoms with E-state index in [-0.39, 0.29) is 17.2 Å². The Morgan fingerprint density at radius 2 is 2.41 bits per heavy atom. The van der Waals surface area contributed by atoms with Gasteiger partial charge in [-0.25, -0.2) is 0 Å². The second-order valence-corrected chi connectivity index (χ2v) is 6.59. The number of hydrogen-bond donors (Lipinski definition) is 1. The molecule has 1 aliphatic rings. The summed E-state index contributed by atoms with van der Waals surface area (Å²) in [7, 11) is 0. The van der Waals surface area contributed by atoms with E-state index in [2.05, 4.69) is 22.1 Å². The lowest BCUT2D eigenvalue weighted by Gasteiger charge is -2.28. The summed E-state index contributed by atoms with van der Waals surface area (Å²) < 4.78 is 0.837. The molecule has 1 aromatic heterocycles. The summed E-state index contributed by atoms with van der Waals surface area (Å²) >= 11 is 8.77. The molecule has 17 heavy (non-hydrogen) atoms. The van der Waals surface area contributed by atoms with E-state index < -0.39 is 0 Å². The maximum absolute atomic E-state index is 11.7. The van der Waals surface area contributed by atoms with Crippen LogP contribution >= 0.6 is 34.7 Å². The number of rotatable bonds is 5. The third-order valence-electron chi connectivity index (χ3n) is 2.41. The fourth-order valence-electron chi connectivity index (χ4n) is 1.42. The lowest BCUT2D eigenvalue weighted by Crippen LogP contribution is -2.34. The summed E-state index contributed by atoms with van der Waals surface area (Å²) in [6.07, 6.45) is 3.31. The van der Waals surface area contributed by atoms with Crippen molar-refractivity contribution in [3.8, 4) is 0 Å². The molecule has 0 unspecified atom stereocenters. The Balaban J connectivity index is 1.84. The molecule has 1 fully saturated rings. The highest BCUT2D eigenvalue weighted by atomic mass is 35.5.